The van der Waals surface area contributed by atoms with E-state index in [0.717, 1.165) is 22.7 Å². The van der Waals surface area contributed by atoms with Gasteiger partial charge in [-0.25, -0.2) is 0 Å². The van der Waals surface area contributed by atoms with Crippen molar-refractivity contribution in [3.8, 4) is 0 Å². The van der Waals surface area contributed by atoms with Gasteiger partial charge in [0.05, 0.1) is 0 Å². The molecule has 0 N–H and O–H groups in total. The smallest absolute Gasteiger partial charge is 0.0176 e. The second kappa shape index (κ2) is 2.27. The van der Waals surface area contributed by atoms with Crippen LogP contribution in [0.2, 0.25) is 0 Å². The maximum Gasteiger partial charge on any atom is -0.0176 e. The molecule has 0 heterocycles. The van der Waals surface area contributed by atoms with Crippen molar-refractivity contribution in [1.82, 2.24) is 0 Å². The lowest BCUT2D eigenvalue weighted by Gasteiger charge is -2.17. The van der Waals surface area contributed by atoms with Crippen LogP contribution in [-0.2, 0) is 0 Å². The van der Waals surface area contributed by atoms with Crippen LogP contribution in [0.3, 0.4) is 0 Å². The Bertz CT molecular complexity index is 196. The Morgan fingerprint density at radius 3 is 2.50 bits per heavy atom. The number of hydrogen-bond donors (Lipinski definition) is 0. The van der Waals surface area contributed by atoms with E-state index in [9.17, 15) is 0 Å². The minimum Gasteiger partial charge on any atom is -0.0654 e. The van der Waals surface area contributed by atoms with Gasteiger partial charge in [0, 0.05) is 0 Å². The van der Waals surface area contributed by atoms with E-state index in [2.05, 4.69) is 27.7 Å². The molecule has 2 rings (SSSR count). The topological polar surface area (TPSA) is 0 Å². The zero-order valence-corrected chi connectivity index (χ0v) is 8.98. The van der Waals surface area contributed by atoms with Gasteiger partial charge in [0.1, 0.15) is 0 Å². The first kappa shape index (κ1) is 8.59. The summed E-state index contributed by atoms with van der Waals surface area (Å²) in [4.78, 5) is 0. The molecule has 0 radical (unpaired) electrons. The third-order valence-electron chi connectivity index (χ3n) is 4.97. The van der Waals surface area contributed by atoms with Gasteiger partial charge in [0.2, 0.25) is 0 Å². The Labute approximate surface area is 76.7 Å². The largest absolute Gasteiger partial charge is 0.0654 e. The number of rotatable bonds is 4. The van der Waals surface area contributed by atoms with Crippen LogP contribution in [0.4, 0.5) is 0 Å². The lowest BCUT2D eigenvalue weighted by atomic mass is 9.88. The molecule has 2 saturated carbocycles. The monoisotopic (exact) mass is 166 g/mol. The Morgan fingerprint density at radius 2 is 2.08 bits per heavy atom. The lowest BCUT2D eigenvalue weighted by Crippen LogP contribution is -2.08. The maximum absolute atomic E-state index is 2.51. The zero-order valence-electron chi connectivity index (χ0n) is 8.98. The highest BCUT2D eigenvalue weighted by Crippen LogP contribution is 2.93. The van der Waals surface area contributed by atoms with E-state index in [-0.39, 0.29) is 0 Å². The van der Waals surface area contributed by atoms with Crippen molar-refractivity contribution in [2.75, 3.05) is 0 Å². The van der Waals surface area contributed by atoms with Gasteiger partial charge in [-0.2, -0.15) is 0 Å². The highest BCUT2D eigenvalue weighted by Gasteiger charge is 2.87. The highest BCUT2D eigenvalue weighted by molar-refractivity contribution is 5.35. The molecule has 0 nitrogen and oxygen atoms in total. The molecule has 0 heteroatoms. The molecule has 0 bridgehead atoms. The second-order valence-electron chi connectivity index (χ2n) is 5.29. The van der Waals surface area contributed by atoms with E-state index in [1.54, 1.807) is 6.42 Å². The summed E-state index contributed by atoms with van der Waals surface area (Å²) in [5.74, 6) is 2.09. The van der Waals surface area contributed by atoms with Crippen molar-refractivity contribution in [2.24, 2.45) is 22.7 Å². The molecular formula is C12H22. The molecule has 0 aromatic carbocycles. The van der Waals surface area contributed by atoms with Gasteiger partial charge in [0.15, 0.2) is 0 Å². The Kier molecular flexibility index (Phi) is 1.63. The van der Waals surface area contributed by atoms with E-state index in [1.807, 2.05) is 0 Å². The fourth-order valence-electron chi connectivity index (χ4n) is 3.89. The van der Waals surface area contributed by atoms with E-state index in [0.29, 0.717) is 0 Å². The second-order valence-corrected chi connectivity index (χ2v) is 5.29. The molecular weight excluding hydrogens is 144 g/mol. The molecule has 2 fully saturated rings. The van der Waals surface area contributed by atoms with E-state index in [4.69, 9.17) is 0 Å². The quantitative estimate of drug-likeness (QED) is 0.595. The van der Waals surface area contributed by atoms with Gasteiger partial charge in [-0.15, -0.1) is 0 Å². The molecule has 12 heavy (non-hydrogen) atoms. The standard InChI is InChI=1S/C12H22/c1-5-7-10-11(4)8-12(10,11)9(3)6-2/h9-10H,5-8H2,1-4H3. The molecule has 0 saturated heterocycles. The summed E-state index contributed by atoms with van der Waals surface area (Å²) in [6.45, 7) is 9.64. The summed E-state index contributed by atoms with van der Waals surface area (Å²) >= 11 is 0. The first-order chi connectivity index (χ1) is 5.63. The molecule has 0 aromatic rings. The zero-order chi connectivity index (χ0) is 8.98. The molecule has 2 aliphatic rings. The molecule has 0 aromatic heterocycles. The summed E-state index contributed by atoms with van der Waals surface area (Å²) in [6, 6.07) is 0. The van der Waals surface area contributed by atoms with Crippen molar-refractivity contribution < 1.29 is 0 Å². The normalized spacial score (nSPS) is 51.5. The Balaban J connectivity index is 2.00. The molecule has 70 valence electrons. The average Bonchev–Trinajstić information content (AvgIpc) is 2.83. The predicted octanol–water partition coefficient (Wildman–Crippen LogP) is 3.86. The Morgan fingerprint density at radius 1 is 1.42 bits per heavy atom. The first-order valence-electron chi connectivity index (χ1n) is 5.63. The van der Waals surface area contributed by atoms with Crippen molar-refractivity contribution in [2.45, 2.75) is 53.4 Å². The Hall–Kier alpha value is 0. The van der Waals surface area contributed by atoms with Crippen LogP contribution in [0.25, 0.3) is 0 Å². The fourth-order valence-corrected chi connectivity index (χ4v) is 3.89. The molecule has 4 atom stereocenters. The maximum atomic E-state index is 2.51. The van der Waals surface area contributed by atoms with Crippen LogP contribution in [0.15, 0.2) is 0 Å². The highest BCUT2D eigenvalue weighted by atomic mass is 14.9. The summed E-state index contributed by atoms with van der Waals surface area (Å²) in [6.07, 6.45) is 5.80. The number of fused-ring (bicyclic) bond motifs is 1. The van der Waals surface area contributed by atoms with E-state index < -0.39 is 0 Å². The SMILES string of the molecule is CCCC1C2(C)CC12C(C)CC. The molecule has 0 aliphatic heterocycles. The minimum absolute atomic E-state index is 0.804. The van der Waals surface area contributed by atoms with E-state index in [1.165, 1.54) is 19.3 Å². The summed E-state index contributed by atoms with van der Waals surface area (Å²) in [5, 5.41) is 0. The first-order valence-corrected chi connectivity index (χ1v) is 5.63. The van der Waals surface area contributed by atoms with Gasteiger partial charge in [0.25, 0.3) is 0 Å². The predicted molar refractivity (Wildman–Crippen MR) is 53.0 cm³/mol. The van der Waals surface area contributed by atoms with E-state index >= 15 is 0 Å². The van der Waals surface area contributed by atoms with Crippen LogP contribution in [0.1, 0.15) is 53.4 Å². The van der Waals surface area contributed by atoms with Gasteiger partial charge in [-0.05, 0) is 35.5 Å². The van der Waals surface area contributed by atoms with Crippen LogP contribution < -0.4 is 0 Å². The van der Waals surface area contributed by atoms with Gasteiger partial charge >= 0.3 is 0 Å². The van der Waals surface area contributed by atoms with Crippen molar-refractivity contribution >= 4 is 0 Å². The van der Waals surface area contributed by atoms with Crippen molar-refractivity contribution in [3.63, 3.8) is 0 Å². The third kappa shape index (κ3) is 0.701. The van der Waals surface area contributed by atoms with Crippen molar-refractivity contribution in [1.29, 1.82) is 0 Å². The lowest BCUT2D eigenvalue weighted by molar-refractivity contribution is 0.327. The summed E-state index contributed by atoms with van der Waals surface area (Å²) < 4.78 is 0. The van der Waals surface area contributed by atoms with Crippen LogP contribution >= 0.6 is 0 Å². The number of hydrogen-bond acceptors (Lipinski definition) is 0. The van der Waals surface area contributed by atoms with Gasteiger partial charge < -0.3 is 0 Å². The average molecular weight is 166 g/mol. The minimum atomic E-state index is 0.804. The summed E-state index contributed by atoms with van der Waals surface area (Å²) in [7, 11) is 0. The molecule has 4 unspecified atom stereocenters. The third-order valence-corrected chi connectivity index (χ3v) is 4.97. The molecule has 0 spiro atoms. The molecule has 2 aliphatic carbocycles. The van der Waals surface area contributed by atoms with Crippen molar-refractivity contribution in [3.05, 3.63) is 0 Å². The van der Waals surface area contributed by atoms with Gasteiger partial charge in [-0.3, -0.25) is 0 Å². The summed E-state index contributed by atoms with van der Waals surface area (Å²) in [5.41, 5.74) is 1.64. The van der Waals surface area contributed by atoms with Crippen LogP contribution in [-0.4, -0.2) is 0 Å². The van der Waals surface area contributed by atoms with Crippen LogP contribution in [0, 0.1) is 22.7 Å². The molecule has 0 amide bonds. The van der Waals surface area contributed by atoms with Gasteiger partial charge in [-0.1, -0.05) is 40.5 Å². The fraction of sp³-hybridized carbons (Fsp3) is 1.00. The van der Waals surface area contributed by atoms with Crippen LogP contribution in [0.5, 0.6) is 0 Å².